The second-order valence-electron chi connectivity index (χ2n) is 19.9. The molecule has 12 nitrogen and oxygen atoms in total. The first kappa shape index (κ1) is 52.1. The number of thiophene rings is 3. The summed E-state index contributed by atoms with van der Waals surface area (Å²) in [6.45, 7) is -1.16. The van der Waals surface area contributed by atoms with E-state index in [9.17, 15) is 14.4 Å². The van der Waals surface area contributed by atoms with E-state index in [4.69, 9.17) is 23.7 Å². The molecule has 0 radical (unpaired) electrons. The van der Waals surface area contributed by atoms with E-state index in [0.29, 0.717) is 73.8 Å². The van der Waals surface area contributed by atoms with Crippen molar-refractivity contribution in [2.45, 2.75) is 37.3 Å². The van der Waals surface area contributed by atoms with E-state index in [1.165, 1.54) is 22.7 Å². The molecule has 4 aliphatic rings. The normalized spacial score (nSPS) is 15.9. The fourth-order valence-electron chi connectivity index (χ4n) is 11.2. The first-order valence-electron chi connectivity index (χ1n) is 26.2. The number of carbonyl (C=O) groups excluding carboxylic acids is 7. The molecule has 0 bridgehead atoms. The summed E-state index contributed by atoms with van der Waals surface area (Å²) in [5.74, 6) is -5.74. The van der Waals surface area contributed by atoms with E-state index < -0.39 is 46.3 Å². The van der Waals surface area contributed by atoms with Crippen LogP contribution in [-0.2, 0) is 84.9 Å². The van der Waals surface area contributed by atoms with Gasteiger partial charge in [-0.25, -0.2) is 0 Å². The van der Waals surface area contributed by atoms with Crippen LogP contribution in [0.1, 0.15) is 86.1 Å². The van der Waals surface area contributed by atoms with Gasteiger partial charge in [0.2, 0.25) is 22.4 Å². The summed E-state index contributed by atoms with van der Waals surface area (Å²) in [7, 11) is 0. The van der Waals surface area contributed by atoms with Crippen molar-refractivity contribution in [2.75, 3.05) is 13.2 Å². The second-order valence-corrected chi connectivity index (χ2v) is 23.1. The number of Topliss-reactive ketones (excluding diaryl/α,β-unsaturated/α-hetero) is 3. The SMILES string of the molecule is O=C1C(=O)c2ccccc2/C1=C/c1cc2c(s1)-c1sc3c(c1C2(C(=O)OCc1ccccc1)C(=O)OCc1ccccc1)C(C(=O)OCc1ccccc1)(C(=O)OCc1ccccc1)c1cc(/C=C2\COCC(=O)c4ccccc42)sc1-3. The van der Waals surface area contributed by atoms with E-state index in [0.717, 1.165) is 11.3 Å². The number of rotatable bonds is 14. The molecule has 9 aromatic rings. The first-order chi connectivity index (χ1) is 40.0. The van der Waals surface area contributed by atoms with Crippen molar-refractivity contribution in [3.63, 3.8) is 0 Å². The molecule has 13 rings (SSSR count). The number of hydrogen-bond acceptors (Lipinski definition) is 15. The predicted molar refractivity (Wildman–Crippen MR) is 311 cm³/mol. The molecule has 0 saturated heterocycles. The monoisotopic (exact) mass is 1140 g/mol. The average Bonchev–Trinajstić information content (AvgIpc) is 1.75. The number of allylic oxidation sites excluding steroid dienone is 1. The largest absolute Gasteiger partial charge is 0.459 e. The maximum absolute atomic E-state index is 16.2. The van der Waals surface area contributed by atoms with Crippen LogP contribution in [0.2, 0.25) is 0 Å². The summed E-state index contributed by atoms with van der Waals surface area (Å²) >= 11 is 3.62. The van der Waals surface area contributed by atoms with Crippen molar-refractivity contribution in [2.24, 2.45) is 0 Å². The Labute approximate surface area is 481 Å². The van der Waals surface area contributed by atoms with Gasteiger partial charge in [-0.3, -0.25) is 33.6 Å². The van der Waals surface area contributed by atoms with E-state index in [-0.39, 0.29) is 78.8 Å². The number of esters is 4. The second kappa shape index (κ2) is 21.3. The summed E-state index contributed by atoms with van der Waals surface area (Å²) < 4.78 is 31.3. The molecule has 0 N–H and O–H groups in total. The summed E-state index contributed by atoms with van der Waals surface area (Å²) in [6.07, 6.45) is 3.45. The van der Waals surface area contributed by atoms with Crippen LogP contribution in [0.15, 0.2) is 182 Å². The Hall–Kier alpha value is -9.25. The van der Waals surface area contributed by atoms with Crippen LogP contribution in [0.4, 0.5) is 0 Å². The zero-order chi connectivity index (χ0) is 56.1. The number of benzene rings is 6. The van der Waals surface area contributed by atoms with Gasteiger partial charge in [0.05, 0.1) is 26.1 Å². The lowest BCUT2D eigenvalue weighted by Crippen LogP contribution is -2.50. The van der Waals surface area contributed by atoms with Gasteiger partial charge in [0, 0.05) is 48.7 Å². The highest BCUT2D eigenvalue weighted by Crippen LogP contribution is 2.68. The van der Waals surface area contributed by atoms with Gasteiger partial charge in [-0.15, -0.1) is 34.0 Å². The van der Waals surface area contributed by atoms with Crippen molar-refractivity contribution >= 4 is 98.5 Å². The molecule has 3 aliphatic carbocycles. The molecular weight excluding hydrogens is 1090 g/mol. The third-order valence-corrected chi connectivity index (χ3v) is 18.7. The van der Waals surface area contributed by atoms with Crippen molar-refractivity contribution in [3.8, 4) is 19.5 Å². The summed E-state index contributed by atoms with van der Waals surface area (Å²) in [4.78, 5) is 108. The quantitative estimate of drug-likeness (QED) is 0.0333. The molecule has 1 aliphatic heterocycles. The molecule has 6 aromatic carbocycles. The molecule has 15 heteroatoms. The molecular formula is C67H44O12S3. The Balaban J connectivity index is 1.08. The Morgan fingerprint density at radius 1 is 0.415 bits per heavy atom. The van der Waals surface area contributed by atoms with Gasteiger partial charge in [-0.1, -0.05) is 170 Å². The van der Waals surface area contributed by atoms with Crippen LogP contribution in [0, 0.1) is 0 Å². The van der Waals surface area contributed by atoms with Gasteiger partial charge in [0.1, 0.15) is 33.0 Å². The van der Waals surface area contributed by atoms with Gasteiger partial charge in [0.25, 0.3) is 0 Å². The number of carbonyl (C=O) groups is 7. The molecule has 0 unspecified atom stereocenters. The Morgan fingerprint density at radius 2 is 0.793 bits per heavy atom. The Kier molecular flexibility index (Phi) is 13.6. The van der Waals surface area contributed by atoms with E-state index in [1.54, 1.807) is 152 Å². The van der Waals surface area contributed by atoms with Crippen LogP contribution in [0.25, 0.3) is 42.8 Å². The summed E-state index contributed by atoms with van der Waals surface area (Å²) in [5, 5.41) is 0. The zero-order valence-corrected chi connectivity index (χ0v) is 45.8. The van der Waals surface area contributed by atoms with Crippen molar-refractivity contribution in [1.82, 2.24) is 0 Å². The van der Waals surface area contributed by atoms with Crippen molar-refractivity contribution in [1.29, 1.82) is 0 Å². The highest BCUT2D eigenvalue weighted by Gasteiger charge is 2.69. The molecule has 0 fully saturated rings. The number of hydrogen-bond donors (Lipinski definition) is 0. The van der Waals surface area contributed by atoms with Crippen LogP contribution in [0.5, 0.6) is 0 Å². The first-order valence-corrected chi connectivity index (χ1v) is 28.6. The van der Waals surface area contributed by atoms with Crippen LogP contribution < -0.4 is 0 Å². The van der Waals surface area contributed by atoms with Gasteiger partial charge in [0.15, 0.2) is 5.78 Å². The minimum Gasteiger partial charge on any atom is -0.459 e. The lowest BCUT2D eigenvalue weighted by molar-refractivity contribution is -0.167. The van der Waals surface area contributed by atoms with Crippen LogP contribution in [0.3, 0.4) is 0 Å². The van der Waals surface area contributed by atoms with Gasteiger partial charge in [-0.05, 0) is 63.2 Å². The summed E-state index contributed by atoms with van der Waals surface area (Å²) in [6, 6.07) is 53.1. The topological polar surface area (TPSA) is 166 Å². The minimum atomic E-state index is -2.56. The molecule has 4 heterocycles. The molecule has 0 amide bonds. The average molecular weight is 1140 g/mol. The third kappa shape index (κ3) is 8.71. The van der Waals surface area contributed by atoms with Gasteiger partial charge < -0.3 is 23.7 Å². The standard InChI is InChI=1S/C67H44O12S3/c68-53-38-75-37-43(46-25-13-15-27-48(46)53)29-44-31-51-58(80-44)60-54(66(51,62(71)76-33-39-17-5-1-6-18-39)63(72)77-34-40-19-7-2-8-20-40)55-61(82-60)59-52(32-45(81-59)30-50-47-26-14-16-28-49(47)56(69)57(50)70)67(55,64(73)78-35-41-21-9-3-10-22-41)65(74)79-36-42-23-11-4-12-24-42/h1-32H,33-38H2/b43-29+,50-30-. The number of ketones is 3. The lowest BCUT2D eigenvalue weighted by Gasteiger charge is -2.32. The highest BCUT2D eigenvalue weighted by atomic mass is 32.1. The smallest absolute Gasteiger partial charge is 0.333 e. The molecule has 0 atom stereocenters. The Morgan fingerprint density at radius 3 is 1.23 bits per heavy atom. The van der Waals surface area contributed by atoms with Gasteiger partial charge in [-0.2, -0.15) is 0 Å². The zero-order valence-electron chi connectivity index (χ0n) is 43.3. The number of ether oxygens (including phenoxy) is 5. The van der Waals surface area contributed by atoms with Crippen molar-refractivity contribution in [3.05, 3.63) is 259 Å². The lowest BCUT2D eigenvalue weighted by atomic mass is 9.70. The van der Waals surface area contributed by atoms with E-state index in [2.05, 4.69) is 0 Å². The van der Waals surface area contributed by atoms with Gasteiger partial charge >= 0.3 is 23.9 Å². The molecule has 3 aromatic heterocycles. The Bertz CT molecular complexity index is 4060. The molecule has 0 saturated carbocycles. The number of fused-ring (bicyclic) bond motifs is 9. The van der Waals surface area contributed by atoms with Crippen molar-refractivity contribution < 1.29 is 57.2 Å². The molecule has 82 heavy (non-hydrogen) atoms. The highest BCUT2D eigenvalue weighted by molar-refractivity contribution is 7.28. The maximum Gasteiger partial charge on any atom is 0.333 e. The summed E-state index contributed by atoms with van der Waals surface area (Å²) in [5.41, 5.74) is 0.326. The maximum atomic E-state index is 16.2. The minimum absolute atomic E-state index is 0.0000555. The van der Waals surface area contributed by atoms with E-state index in [1.807, 2.05) is 42.5 Å². The van der Waals surface area contributed by atoms with Crippen LogP contribution in [-0.4, -0.2) is 54.4 Å². The predicted octanol–water partition coefficient (Wildman–Crippen LogP) is 12.4. The van der Waals surface area contributed by atoms with E-state index >= 15 is 19.2 Å². The molecule has 0 spiro atoms. The fourth-order valence-corrected chi connectivity index (χ4v) is 15.3. The van der Waals surface area contributed by atoms with Crippen LogP contribution >= 0.6 is 34.0 Å². The third-order valence-electron chi connectivity index (χ3n) is 15.0. The fraction of sp³-hybridized carbons (Fsp3) is 0.119. The molecule has 402 valence electrons.